The van der Waals surface area contributed by atoms with Crippen molar-refractivity contribution in [2.75, 3.05) is 6.61 Å². The fraction of sp³-hybridized carbons (Fsp3) is 0.600. The van der Waals surface area contributed by atoms with Gasteiger partial charge in [-0.1, -0.05) is 19.1 Å². The van der Waals surface area contributed by atoms with Crippen LogP contribution in [0.2, 0.25) is 0 Å². The molecule has 0 spiro atoms. The van der Waals surface area contributed by atoms with Gasteiger partial charge in [0, 0.05) is 6.61 Å². The normalized spacial score (nSPS) is 15.4. The van der Waals surface area contributed by atoms with Gasteiger partial charge in [-0.05, 0) is 31.3 Å². The summed E-state index contributed by atoms with van der Waals surface area (Å²) in [6.07, 6.45) is 6.92. The van der Waals surface area contributed by atoms with Crippen LogP contribution in [0.1, 0.15) is 26.7 Å². The second-order valence-electron chi connectivity index (χ2n) is 3.14. The van der Waals surface area contributed by atoms with Crippen molar-refractivity contribution in [3.05, 3.63) is 24.0 Å². The van der Waals surface area contributed by atoms with Gasteiger partial charge in [0.05, 0.1) is 6.26 Å². The van der Waals surface area contributed by atoms with Crippen LogP contribution in [0.5, 0.6) is 0 Å². The minimum Gasteiger partial charge on any atom is -0.515 e. The van der Waals surface area contributed by atoms with Crippen LogP contribution < -0.4 is 0 Å². The molecule has 0 saturated heterocycles. The van der Waals surface area contributed by atoms with Gasteiger partial charge >= 0.3 is 0 Å². The lowest BCUT2D eigenvalue weighted by Crippen LogP contribution is -1.98. The smallest absolute Gasteiger partial charge is 0.0820 e. The predicted octanol–water partition coefficient (Wildman–Crippen LogP) is 2.41. The second-order valence-corrected chi connectivity index (χ2v) is 3.14. The van der Waals surface area contributed by atoms with Crippen LogP contribution in [-0.2, 0) is 0 Å². The van der Waals surface area contributed by atoms with Gasteiger partial charge < -0.3 is 10.2 Å². The van der Waals surface area contributed by atoms with E-state index < -0.39 is 0 Å². The Balaban J connectivity index is 3.49. The Bertz CT molecular complexity index is 159. The standard InChI is InChI=1S/C10H18O2/c1-9(7-11)5-3-4-6-10(2)8-12/h3,5,7,10-12H,4,6,8H2,1-2H3. The molecule has 1 unspecified atom stereocenters. The van der Waals surface area contributed by atoms with Gasteiger partial charge in [-0.15, -0.1) is 0 Å². The first-order valence-corrected chi connectivity index (χ1v) is 4.29. The summed E-state index contributed by atoms with van der Waals surface area (Å²) in [6, 6.07) is 0. The van der Waals surface area contributed by atoms with Gasteiger partial charge in [0.15, 0.2) is 0 Å². The summed E-state index contributed by atoms with van der Waals surface area (Å²) in [4.78, 5) is 0. The summed E-state index contributed by atoms with van der Waals surface area (Å²) in [7, 11) is 0. The summed E-state index contributed by atoms with van der Waals surface area (Å²) in [6.45, 7) is 4.11. The molecule has 0 aromatic rings. The molecule has 0 aromatic carbocycles. The number of rotatable bonds is 5. The van der Waals surface area contributed by atoms with E-state index in [0.717, 1.165) is 24.7 Å². The molecule has 2 N–H and O–H groups in total. The average Bonchev–Trinajstić information content (AvgIpc) is 2.11. The molecule has 70 valence electrons. The molecule has 0 amide bonds. The third-order valence-corrected chi connectivity index (χ3v) is 1.72. The Morgan fingerprint density at radius 3 is 2.67 bits per heavy atom. The molecule has 1 atom stereocenters. The Kier molecular flexibility index (Phi) is 6.48. The first-order chi connectivity index (χ1) is 5.70. The van der Waals surface area contributed by atoms with Crippen LogP contribution in [0.15, 0.2) is 24.0 Å². The summed E-state index contributed by atoms with van der Waals surface area (Å²) < 4.78 is 0. The highest BCUT2D eigenvalue weighted by molar-refractivity contribution is 5.12. The summed E-state index contributed by atoms with van der Waals surface area (Å²) >= 11 is 0. The van der Waals surface area contributed by atoms with E-state index in [0.29, 0.717) is 5.92 Å². The minimum atomic E-state index is 0.253. The number of allylic oxidation sites excluding steroid dienone is 3. The summed E-state index contributed by atoms with van der Waals surface area (Å²) in [5.74, 6) is 0.369. The molecule has 0 bridgehead atoms. The number of aliphatic hydroxyl groups excluding tert-OH is 2. The van der Waals surface area contributed by atoms with Gasteiger partial charge in [-0.3, -0.25) is 0 Å². The van der Waals surface area contributed by atoms with Gasteiger partial charge in [-0.25, -0.2) is 0 Å². The maximum atomic E-state index is 8.71. The molecular weight excluding hydrogens is 152 g/mol. The lowest BCUT2D eigenvalue weighted by atomic mass is 10.1. The molecule has 0 saturated carbocycles. The highest BCUT2D eigenvalue weighted by Gasteiger charge is 1.95. The van der Waals surface area contributed by atoms with Crippen LogP contribution in [-0.4, -0.2) is 16.8 Å². The van der Waals surface area contributed by atoms with Crippen LogP contribution in [0.25, 0.3) is 0 Å². The van der Waals surface area contributed by atoms with Crippen molar-refractivity contribution in [3.8, 4) is 0 Å². The molecule has 0 aromatic heterocycles. The number of hydrogen-bond acceptors (Lipinski definition) is 2. The molecule has 2 nitrogen and oxygen atoms in total. The zero-order valence-electron chi connectivity index (χ0n) is 7.83. The zero-order valence-corrected chi connectivity index (χ0v) is 7.83. The summed E-state index contributed by atoms with van der Waals surface area (Å²) in [5.41, 5.74) is 0.853. The third kappa shape index (κ3) is 5.98. The summed E-state index contributed by atoms with van der Waals surface area (Å²) in [5, 5.41) is 17.3. The molecule has 0 aliphatic heterocycles. The lowest BCUT2D eigenvalue weighted by molar-refractivity contribution is 0.231. The molecule has 0 aliphatic rings. The molecular formula is C10H18O2. The number of hydrogen-bond donors (Lipinski definition) is 2. The zero-order chi connectivity index (χ0) is 9.40. The van der Waals surface area contributed by atoms with Crippen molar-refractivity contribution in [2.24, 2.45) is 5.92 Å². The second kappa shape index (κ2) is 6.92. The molecule has 0 heterocycles. The molecule has 12 heavy (non-hydrogen) atoms. The van der Waals surface area contributed by atoms with E-state index in [4.69, 9.17) is 10.2 Å². The van der Waals surface area contributed by atoms with Crippen molar-refractivity contribution < 1.29 is 10.2 Å². The van der Waals surface area contributed by atoms with E-state index in [1.54, 1.807) is 0 Å². The van der Waals surface area contributed by atoms with Crippen LogP contribution >= 0.6 is 0 Å². The van der Waals surface area contributed by atoms with Gasteiger partial charge in [-0.2, -0.15) is 0 Å². The van der Waals surface area contributed by atoms with E-state index in [9.17, 15) is 0 Å². The lowest BCUT2D eigenvalue weighted by Gasteiger charge is -2.03. The van der Waals surface area contributed by atoms with Gasteiger partial charge in [0.2, 0.25) is 0 Å². The largest absolute Gasteiger partial charge is 0.515 e. The molecule has 0 aliphatic carbocycles. The van der Waals surface area contributed by atoms with Crippen LogP contribution in [0.4, 0.5) is 0 Å². The Hall–Kier alpha value is -0.760. The van der Waals surface area contributed by atoms with Crippen molar-refractivity contribution in [1.82, 2.24) is 0 Å². The highest BCUT2D eigenvalue weighted by atomic mass is 16.3. The topological polar surface area (TPSA) is 40.5 Å². The van der Waals surface area contributed by atoms with Crippen LogP contribution in [0, 0.1) is 5.92 Å². The van der Waals surface area contributed by atoms with E-state index in [-0.39, 0.29) is 6.61 Å². The van der Waals surface area contributed by atoms with Crippen molar-refractivity contribution >= 4 is 0 Å². The fourth-order valence-electron chi connectivity index (χ4n) is 0.784. The highest BCUT2D eigenvalue weighted by Crippen LogP contribution is 2.05. The van der Waals surface area contributed by atoms with Crippen molar-refractivity contribution in [2.45, 2.75) is 26.7 Å². The molecule has 0 fully saturated rings. The quantitative estimate of drug-likeness (QED) is 0.491. The average molecular weight is 170 g/mol. The Morgan fingerprint density at radius 2 is 2.17 bits per heavy atom. The van der Waals surface area contributed by atoms with Crippen molar-refractivity contribution in [3.63, 3.8) is 0 Å². The Labute approximate surface area is 74.2 Å². The van der Waals surface area contributed by atoms with E-state index in [1.807, 2.05) is 26.0 Å². The van der Waals surface area contributed by atoms with Gasteiger partial charge in [0.25, 0.3) is 0 Å². The Morgan fingerprint density at radius 1 is 1.50 bits per heavy atom. The number of aliphatic hydroxyl groups is 2. The van der Waals surface area contributed by atoms with E-state index in [2.05, 4.69) is 0 Å². The monoisotopic (exact) mass is 170 g/mol. The fourth-order valence-corrected chi connectivity index (χ4v) is 0.784. The first-order valence-electron chi connectivity index (χ1n) is 4.29. The SMILES string of the molecule is CC(C=CCCC(C)CO)=CO. The maximum Gasteiger partial charge on any atom is 0.0820 e. The maximum absolute atomic E-state index is 8.71. The van der Waals surface area contributed by atoms with E-state index in [1.165, 1.54) is 0 Å². The molecule has 0 radical (unpaired) electrons. The first kappa shape index (κ1) is 11.2. The predicted molar refractivity (Wildman–Crippen MR) is 51.0 cm³/mol. The minimum absolute atomic E-state index is 0.253. The third-order valence-electron chi connectivity index (χ3n) is 1.72. The van der Waals surface area contributed by atoms with Crippen LogP contribution in [0.3, 0.4) is 0 Å². The van der Waals surface area contributed by atoms with E-state index >= 15 is 0 Å². The molecule has 2 heteroatoms. The van der Waals surface area contributed by atoms with Crippen molar-refractivity contribution in [1.29, 1.82) is 0 Å². The molecule has 0 rings (SSSR count). The van der Waals surface area contributed by atoms with Gasteiger partial charge in [0.1, 0.15) is 0 Å².